The van der Waals surface area contributed by atoms with E-state index in [0.29, 0.717) is 0 Å². The Balaban J connectivity index is 2.08. The van der Waals surface area contributed by atoms with E-state index in [1.165, 1.54) is 44.1 Å². The second-order valence-corrected chi connectivity index (χ2v) is 9.72. The molecule has 0 aliphatic rings. The van der Waals surface area contributed by atoms with Crippen LogP contribution >= 0.6 is 35.0 Å². The van der Waals surface area contributed by atoms with E-state index in [0.717, 1.165) is 9.20 Å². The molecule has 11 heteroatoms. The van der Waals surface area contributed by atoms with Crippen molar-refractivity contribution in [3.8, 4) is 0 Å². The Hall–Kier alpha value is -1.78. The summed E-state index contributed by atoms with van der Waals surface area (Å²) < 4.78 is 30.6. The molecule has 0 aliphatic heterocycles. The smallest absolute Gasteiger partial charge is 0.340 e. The number of nitrogens with zero attached hydrogens (tertiary/aromatic N) is 1. The third-order valence-corrected chi connectivity index (χ3v) is 7.05. The van der Waals surface area contributed by atoms with Crippen LogP contribution in [-0.4, -0.2) is 51.6 Å². The molecule has 1 N–H and O–H groups in total. The number of ether oxygens (including phenoxy) is 1. The van der Waals surface area contributed by atoms with Gasteiger partial charge in [-0.05, 0) is 42.7 Å². The number of thioether (sulfide) groups is 1. The van der Waals surface area contributed by atoms with Crippen molar-refractivity contribution in [3.05, 3.63) is 52.0 Å². The van der Waals surface area contributed by atoms with Crippen molar-refractivity contribution in [2.24, 2.45) is 0 Å². The lowest BCUT2D eigenvalue weighted by Crippen LogP contribution is -2.23. The van der Waals surface area contributed by atoms with Gasteiger partial charge in [-0.15, -0.1) is 11.8 Å². The van der Waals surface area contributed by atoms with E-state index < -0.39 is 28.5 Å². The molecule has 0 heterocycles. The predicted molar refractivity (Wildman–Crippen MR) is 114 cm³/mol. The van der Waals surface area contributed by atoms with Gasteiger partial charge >= 0.3 is 5.97 Å². The highest BCUT2D eigenvalue weighted by atomic mass is 35.5. The summed E-state index contributed by atoms with van der Waals surface area (Å²) in [5.74, 6) is -1.39. The Morgan fingerprint density at radius 2 is 1.76 bits per heavy atom. The minimum atomic E-state index is -3.79. The summed E-state index contributed by atoms with van der Waals surface area (Å²) in [6, 6.07) is 8.94. The highest BCUT2D eigenvalue weighted by molar-refractivity contribution is 7.98. The number of esters is 1. The largest absolute Gasteiger partial charge is 0.452 e. The maximum atomic E-state index is 12.3. The van der Waals surface area contributed by atoms with Crippen LogP contribution in [0.2, 0.25) is 10.0 Å². The van der Waals surface area contributed by atoms with Crippen molar-refractivity contribution in [2.45, 2.75) is 9.79 Å². The van der Waals surface area contributed by atoms with Gasteiger partial charge in [-0.2, -0.15) is 0 Å². The first kappa shape index (κ1) is 23.5. The number of rotatable bonds is 7. The third kappa shape index (κ3) is 5.86. The Kier molecular flexibility index (Phi) is 7.95. The van der Waals surface area contributed by atoms with Gasteiger partial charge in [-0.1, -0.05) is 23.2 Å². The summed E-state index contributed by atoms with van der Waals surface area (Å²) in [7, 11) is -1.05. The number of carbonyl (C=O) groups is 2. The summed E-state index contributed by atoms with van der Waals surface area (Å²) >= 11 is 13.4. The average Bonchev–Trinajstić information content (AvgIpc) is 2.67. The van der Waals surface area contributed by atoms with E-state index in [9.17, 15) is 18.0 Å². The normalized spacial score (nSPS) is 11.4. The lowest BCUT2D eigenvalue weighted by Gasteiger charge is -2.14. The van der Waals surface area contributed by atoms with Crippen molar-refractivity contribution >= 4 is 62.6 Å². The van der Waals surface area contributed by atoms with E-state index >= 15 is 0 Å². The number of hydrogen-bond acceptors (Lipinski definition) is 6. The topological polar surface area (TPSA) is 92.8 Å². The average molecular weight is 477 g/mol. The molecule has 0 bridgehead atoms. The quantitative estimate of drug-likeness (QED) is 0.482. The molecule has 2 aromatic carbocycles. The zero-order valence-corrected chi connectivity index (χ0v) is 18.9. The van der Waals surface area contributed by atoms with Crippen LogP contribution in [0.3, 0.4) is 0 Å². The van der Waals surface area contributed by atoms with Gasteiger partial charge in [0.15, 0.2) is 6.61 Å². The number of sulfonamides is 1. The zero-order valence-electron chi connectivity index (χ0n) is 15.7. The van der Waals surface area contributed by atoms with Gasteiger partial charge in [-0.25, -0.2) is 17.5 Å². The second kappa shape index (κ2) is 9.82. The molecule has 29 heavy (non-hydrogen) atoms. The molecule has 0 aromatic heterocycles. The number of hydrogen-bond donors (Lipinski definition) is 1. The van der Waals surface area contributed by atoms with Crippen LogP contribution in [0.25, 0.3) is 0 Å². The summed E-state index contributed by atoms with van der Waals surface area (Å²) in [5, 5.41) is 2.70. The van der Waals surface area contributed by atoms with Gasteiger partial charge in [0, 0.05) is 24.7 Å². The molecule has 0 aliphatic carbocycles. The van der Waals surface area contributed by atoms with E-state index in [-0.39, 0.29) is 26.2 Å². The first-order valence-corrected chi connectivity index (χ1v) is 11.5. The predicted octanol–water partition coefficient (Wildman–Crippen LogP) is 3.76. The molecular weight excluding hydrogens is 459 g/mol. The zero-order chi connectivity index (χ0) is 21.8. The Bertz CT molecular complexity index is 1040. The summed E-state index contributed by atoms with van der Waals surface area (Å²) in [4.78, 5) is 25.0. The number of carbonyl (C=O) groups excluding carboxylic acids is 2. The van der Waals surface area contributed by atoms with Crippen molar-refractivity contribution in [1.29, 1.82) is 0 Å². The SMILES string of the molecule is CSc1ccc(Cl)c(C(=O)OCC(=O)Nc2ccc(Cl)c(S(=O)(=O)N(C)C)c2)c1. The summed E-state index contributed by atoms with van der Waals surface area (Å²) in [5.41, 5.74) is 0.343. The molecule has 0 atom stereocenters. The van der Waals surface area contributed by atoms with Crippen LogP contribution < -0.4 is 5.32 Å². The van der Waals surface area contributed by atoms with Crippen LogP contribution in [0.1, 0.15) is 10.4 Å². The van der Waals surface area contributed by atoms with Crippen molar-refractivity contribution in [2.75, 3.05) is 32.3 Å². The molecule has 2 aromatic rings. The van der Waals surface area contributed by atoms with E-state index in [4.69, 9.17) is 27.9 Å². The van der Waals surface area contributed by atoms with Crippen LogP contribution in [-0.2, 0) is 19.6 Å². The van der Waals surface area contributed by atoms with Crippen LogP contribution in [0, 0.1) is 0 Å². The Morgan fingerprint density at radius 3 is 2.38 bits per heavy atom. The van der Waals surface area contributed by atoms with Crippen LogP contribution in [0.5, 0.6) is 0 Å². The second-order valence-electron chi connectivity index (χ2n) is 5.90. The van der Waals surface area contributed by atoms with Crippen molar-refractivity contribution < 1.29 is 22.7 Å². The van der Waals surface area contributed by atoms with Gasteiger partial charge < -0.3 is 10.1 Å². The number of benzene rings is 2. The molecule has 0 saturated carbocycles. The molecule has 0 radical (unpaired) electrons. The van der Waals surface area contributed by atoms with Gasteiger partial charge in [0.25, 0.3) is 5.91 Å². The monoisotopic (exact) mass is 476 g/mol. The van der Waals surface area contributed by atoms with Crippen molar-refractivity contribution in [3.63, 3.8) is 0 Å². The van der Waals surface area contributed by atoms with Gasteiger partial charge in [0.05, 0.1) is 15.6 Å². The molecule has 156 valence electrons. The minimum absolute atomic E-state index is 0.0199. The fourth-order valence-corrected chi connectivity index (χ4v) is 4.20. The standard InChI is InChI=1S/C18H18Cl2N2O5S2/c1-22(2)29(25,26)16-8-11(4-6-15(16)20)21-17(23)10-27-18(24)13-9-12(28-3)5-7-14(13)19/h4-9H,10H2,1-3H3,(H,21,23). The lowest BCUT2D eigenvalue weighted by molar-refractivity contribution is -0.119. The molecule has 0 spiro atoms. The molecule has 0 unspecified atom stereocenters. The minimum Gasteiger partial charge on any atom is -0.452 e. The fraction of sp³-hybridized carbons (Fsp3) is 0.222. The number of anilines is 1. The first-order chi connectivity index (χ1) is 13.6. The molecule has 0 saturated heterocycles. The molecular formula is C18H18Cl2N2O5S2. The molecule has 0 fully saturated rings. The van der Waals surface area contributed by atoms with Crippen LogP contribution in [0.4, 0.5) is 5.69 Å². The molecule has 2 rings (SSSR count). The third-order valence-electron chi connectivity index (χ3n) is 3.70. The van der Waals surface area contributed by atoms with E-state index in [2.05, 4.69) is 5.32 Å². The summed E-state index contributed by atoms with van der Waals surface area (Å²) in [6.07, 6.45) is 1.85. The van der Waals surface area contributed by atoms with Gasteiger partial charge in [0.1, 0.15) is 4.90 Å². The number of halogens is 2. The van der Waals surface area contributed by atoms with Crippen LogP contribution in [0.15, 0.2) is 46.2 Å². The van der Waals surface area contributed by atoms with Gasteiger partial charge in [-0.3, -0.25) is 4.79 Å². The van der Waals surface area contributed by atoms with E-state index in [1.807, 2.05) is 6.26 Å². The van der Waals surface area contributed by atoms with E-state index in [1.54, 1.807) is 18.2 Å². The maximum Gasteiger partial charge on any atom is 0.340 e. The number of amides is 1. The van der Waals surface area contributed by atoms with Gasteiger partial charge in [0.2, 0.25) is 10.0 Å². The first-order valence-electron chi connectivity index (χ1n) is 8.09. The fourth-order valence-electron chi connectivity index (χ4n) is 2.17. The Morgan fingerprint density at radius 1 is 1.10 bits per heavy atom. The molecule has 1 amide bonds. The highest BCUT2D eigenvalue weighted by Crippen LogP contribution is 2.27. The lowest BCUT2D eigenvalue weighted by atomic mass is 10.2. The maximum absolute atomic E-state index is 12.3. The molecule has 7 nitrogen and oxygen atoms in total. The number of nitrogens with one attached hydrogen (secondary N) is 1. The highest BCUT2D eigenvalue weighted by Gasteiger charge is 2.22. The van der Waals surface area contributed by atoms with Crippen molar-refractivity contribution in [1.82, 2.24) is 4.31 Å². The Labute approximate surface area is 183 Å². The summed E-state index contributed by atoms with van der Waals surface area (Å²) in [6.45, 7) is -0.572.